The predicted molar refractivity (Wildman–Crippen MR) is 137 cm³/mol. The number of rotatable bonds is 14. The van der Waals surface area contributed by atoms with Crippen molar-refractivity contribution in [1.29, 1.82) is 0 Å². The molecule has 0 aliphatic heterocycles. The second kappa shape index (κ2) is 13.5. The lowest BCUT2D eigenvalue weighted by Gasteiger charge is -2.24. The monoisotopic (exact) mass is 552 g/mol. The Hall–Kier alpha value is -1.54. The molecule has 0 saturated heterocycles. The molecule has 0 saturated carbocycles. The molecule has 0 bridgehead atoms. The van der Waals surface area contributed by atoms with Crippen LogP contribution in [-0.4, -0.2) is 23.9 Å². The summed E-state index contributed by atoms with van der Waals surface area (Å²) in [6.45, 7) is 5.90. The van der Waals surface area contributed by atoms with E-state index in [4.69, 9.17) is 48.6 Å². The van der Waals surface area contributed by atoms with Crippen LogP contribution in [-0.2, 0) is 13.6 Å². The van der Waals surface area contributed by atoms with Gasteiger partial charge in [0.25, 0.3) is 5.69 Å². The smallest absolute Gasteiger partial charge is 0.332 e. The quantitative estimate of drug-likeness (QED) is 0.0819. The SMILES string of the molecule is CCCCOP(=O)(CCCC)OC(C)Nc1cc(Oc2c(Cl)cc(Cl)cc2Cl)ccc1[N+](=O)[O-]. The number of nitrogens with one attached hydrogen (secondary N) is 1. The Balaban J connectivity index is 2.25. The van der Waals surface area contributed by atoms with Crippen LogP contribution in [0, 0.1) is 10.1 Å². The van der Waals surface area contributed by atoms with E-state index in [1.54, 1.807) is 6.92 Å². The minimum Gasteiger partial charge on any atom is -0.454 e. The highest BCUT2D eigenvalue weighted by Gasteiger charge is 2.28. The molecule has 0 aromatic heterocycles. The van der Waals surface area contributed by atoms with Crippen molar-refractivity contribution >= 4 is 53.8 Å². The summed E-state index contributed by atoms with van der Waals surface area (Å²) < 4.78 is 30.3. The van der Waals surface area contributed by atoms with Crippen LogP contribution >= 0.6 is 42.4 Å². The van der Waals surface area contributed by atoms with Gasteiger partial charge < -0.3 is 14.6 Å². The van der Waals surface area contributed by atoms with Gasteiger partial charge in [-0.15, -0.1) is 0 Å². The number of hydrogen-bond acceptors (Lipinski definition) is 7. The minimum atomic E-state index is -3.39. The van der Waals surface area contributed by atoms with Crippen molar-refractivity contribution in [3.8, 4) is 11.5 Å². The van der Waals surface area contributed by atoms with Gasteiger partial charge in [-0.05, 0) is 38.0 Å². The molecule has 2 unspecified atom stereocenters. The van der Waals surface area contributed by atoms with Crippen LogP contribution in [0.1, 0.15) is 46.5 Å². The molecule has 0 amide bonds. The third-order valence-corrected chi connectivity index (χ3v) is 7.45. The van der Waals surface area contributed by atoms with Crippen molar-refractivity contribution in [2.24, 2.45) is 0 Å². The van der Waals surface area contributed by atoms with E-state index in [0.717, 1.165) is 19.3 Å². The number of hydrogen-bond donors (Lipinski definition) is 1. The summed E-state index contributed by atoms with van der Waals surface area (Å²) in [6.07, 6.45) is 2.55. The Morgan fingerprint density at radius 3 is 2.32 bits per heavy atom. The van der Waals surface area contributed by atoms with Crippen LogP contribution < -0.4 is 10.1 Å². The number of halogens is 3. The molecule has 2 rings (SSSR count). The van der Waals surface area contributed by atoms with Crippen molar-refractivity contribution in [3.63, 3.8) is 0 Å². The fourth-order valence-corrected chi connectivity index (χ4v) is 5.77. The molecule has 0 aliphatic carbocycles. The summed E-state index contributed by atoms with van der Waals surface area (Å²) in [4.78, 5) is 11.0. The highest BCUT2D eigenvalue weighted by atomic mass is 35.5. The number of anilines is 1. The number of unbranched alkanes of at least 4 members (excludes halogenated alkanes) is 2. The topological polar surface area (TPSA) is 99.9 Å². The Morgan fingerprint density at radius 2 is 1.74 bits per heavy atom. The average molecular weight is 554 g/mol. The van der Waals surface area contributed by atoms with Crippen LogP contribution in [0.5, 0.6) is 11.5 Å². The molecule has 0 fully saturated rings. The van der Waals surface area contributed by atoms with Crippen molar-refractivity contribution in [1.82, 2.24) is 0 Å². The first-order valence-electron chi connectivity index (χ1n) is 10.9. The van der Waals surface area contributed by atoms with Gasteiger partial charge in [-0.3, -0.25) is 19.2 Å². The van der Waals surface area contributed by atoms with Crippen LogP contribution in [0.2, 0.25) is 15.1 Å². The zero-order chi connectivity index (χ0) is 25.3. The van der Waals surface area contributed by atoms with Gasteiger partial charge in [0.05, 0.1) is 27.7 Å². The molecule has 188 valence electrons. The molecule has 12 heteroatoms. The van der Waals surface area contributed by atoms with E-state index in [0.29, 0.717) is 18.1 Å². The van der Waals surface area contributed by atoms with E-state index in [-0.39, 0.29) is 39.1 Å². The van der Waals surface area contributed by atoms with Gasteiger partial charge in [0, 0.05) is 17.2 Å². The minimum absolute atomic E-state index is 0.104. The van der Waals surface area contributed by atoms with E-state index in [1.807, 2.05) is 13.8 Å². The molecule has 0 aliphatic rings. The molecular formula is C22H28Cl3N2O6P. The fraction of sp³-hybridized carbons (Fsp3) is 0.455. The lowest BCUT2D eigenvalue weighted by Crippen LogP contribution is -2.20. The lowest BCUT2D eigenvalue weighted by molar-refractivity contribution is -0.384. The van der Waals surface area contributed by atoms with E-state index in [1.165, 1.54) is 30.3 Å². The first kappa shape index (κ1) is 28.7. The normalized spacial score (nSPS) is 13.8. The molecule has 2 aromatic rings. The first-order chi connectivity index (χ1) is 16.1. The molecule has 1 N–H and O–H groups in total. The molecule has 0 radical (unpaired) electrons. The van der Waals surface area contributed by atoms with E-state index in [9.17, 15) is 14.7 Å². The molecular weight excluding hydrogens is 526 g/mol. The predicted octanol–water partition coefficient (Wildman–Crippen LogP) is 8.93. The summed E-state index contributed by atoms with van der Waals surface area (Å²) in [5.41, 5.74) is -0.113. The number of nitrogens with zero attached hydrogens (tertiary/aromatic N) is 1. The number of nitro benzene ring substituents is 1. The molecule has 2 aromatic carbocycles. The Bertz CT molecular complexity index is 1020. The van der Waals surface area contributed by atoms with Crippen molar-refractivity contribution in [2.45, 2.75) is 52.7 Å². The Morgan fingerprint density at radius 1 is 1.09 bits per heavy atom. The second-order valence-corrected chi connectivity index (χ2v) is 10.9. The number of nitro groups is 1. The second-order valence-electron chi connectivity index (χ2n) is 7.50. The maximum absolute atomic E-state index is 13.2. The van der Waals surface area contributed by atoms with Crippen LogP contribution in [0.4, 0.5) is 11.4 Å². The first-order valence-corrected chi connectivity index (χ1v) is 13.7. The maximum atomic E-state index is 13.2. The van der Waals surface area contributed by atoms with Crippen LogP contribution in [0.25, 0.3) is 0 Å². The zero-order valence-electron chi connectivity index (χ0n) is 19.2. The highest BCUT2D eigenvalue weighted by Crippen LogP contribution is 2.50. The molecule has 0 heterocycles. The zero-order valence-corrected chi connectivity index (χ0v) is 22.3. The van der Waals surface area contributed by atoms with Crippen molar-refractivity contribution in [2.75, 3.05) is 18.1 Å². The van der Waals surface area contributed by atoms with Crippen molar-refractivity contribution < 1.29 is 23.3 Å². The fourth-order valence-electron chi connectivity index (χ4n) is 2.93. The number of ether oxygens (including phenoxy) is 1. The highest BCUT2D eigenvalue weighted by molar-refractivity contribution is 7.53. The molecule has 8 nitrogen and oxygen atoms in total. The summed E-state index contributed by atoms with van der Waals surface area (Å²) in [7, 11) is -3.39. The summed E-state index contributed by atoms with van der Waals surface area (Å²) >= 11 is 18.3. The summed E-state index contributed by atoms with van der Waals surface area (Å²) in [5, 5.41) is 15.2. The Labute approximate surface area is 214 Å². The molecule has 2 atom stereocenters. The third-order valence-electron chi connectivity index (χ3n) is 4.60. The average Bonchev–Trinajstić information content (AvgIpc) is 2.75. The largest absolute Gasteiger partial charge is 0.454 e. The Kier molecular flexibility index (Phi) is 11.4. The van der Waals surface area contributed by atoms with Gasteiger partial charge in [-0.25, -0.2) is 0 Å². The van der Waals surface area contributed by atoms with Gasteiger partial charge >= 0.3 is 7.60 Å². The van der Waals surface area contributed by atoms with Gasteiger partial charge in [0.15, 0.2) is 5.75 Å². The summed E-state index contributed by atoms with van der Waals surface area (Å²) in [5.74, 6) is 0.394. The standard InChI is InChI=1S/C22H28Cl3N2O6P/c1-4-6-10-31-34(30,11-7-5-2)33-15(3)26-20-14-17(8-9-21(20)27(28)29)32-22-18(24)12-16(23)13-19(22)25/h8-9,12-15,26H,4-7,10-11H2,1-3H3. The van der Waals surface area contributed by atoms with E-state index >= 15 is 0 Å². The molecule has 0 spiro atoms. The van der Waals surface area contributed by atoms with Gasteiger partial charge in [-0.2, -0.15) is 0 Å². The van der Waals surface area contributed by atoms with E-state index < -0.39 is 18.7 Å². The maximum Gasteiger partial charge on any atom is 0.332 e. The van der Waals surface area contributed by atoms with E-state index in [2.05, 4.69) is 5.32 Å². The number of benzene rings is 2. The van der Waals surface area contributed by atoms with Gasteiger partial charge in [0.1, 0.15) is 17.7 Å². The van der Waals surface area contributed by atoms with Crippen LogP contribution in [0.15, 0.2) is 30.3 Å². The van der Waals surface area contributed by atoms with Crippen molar-refractivity contribution in [3.05, 3.63) is 55.5 Å². The molecule has 34 heavy (non-hydrogen) atoms. The van der Waals surface area contributed by atoms with Gasteiger partial charge in [-0.1, -0.05) is 61.5 Å². The third kappa shape index (κ3) is 8.59. The van der Waals surface area contributed by atoms with Gasteiger partial charge in [0.2, 0.25) is 0 Å². The summed E-state index contributed by atoms with van der Waals surface area (Å²) in [6, 6.07) is 7.04. The van der Waals surface area contributed by atoms with Crippen LogP contribution in [0.3, 0.4) is 0 Å². The lowest BCUT2D eigenvalue weighted by atomic mass is 10.2.